The molecule has 0 heterocycles. The maximum absolute atomic E-state index is 10.2. The van der Waals surface area contributed by atoms with Gasteiger partial charge in [-0.15, -0.1) is 0 Å². The van der Waals surface area contributed by atoms with Crippen molar-refractivity contribution in [2.75, 3.05) is 0 Å². The third kappa shape index (κ3) is 4.74. The largest absolute Gasteiger partial charge is 0.287 e. The first-order valence-electron chi connectivity index (χ1n) is 5.21. The lowest BCUT2D eigenvalue weighted by Crippen LogP contribution is -1.89. The normalized spacial score (nSPS) is 9.30. The Balaban J connectivity index is 0.000000200. The van der Waals surface area contributed by atoms with Crippen molar-refractivity contribution in [2.45, 2.75) is 0 Å². The van der Waals surface area contributed by atoms with Crippen molar-refractivity contribution in [3.8, 4) is 0 Å². The van der Waals surface area contributed by atoms with Gasteiger partial charge in [-0.3, -0.25) is 20.2 Å². The van der Waals surface area contributed by atoms with Crippen LogP contribution in [-0.4, -0.2) is 9.85 Å². The molecule has 8 heteroatoms. The van der Waals surface area contributed by atoms with Gasteiger partial charge in [-0.05, 0) is 34.7 Å². The summed E-state index contributed by atoms with van der Waals surface area (Å²) in [5, 5.41) is 20.5. The molecule has 0 aromatic heterocycles. The molecule has 2 aromatic rings. The van der Waals surface area contributed by atoms with Crippen LogP contribution in [0.4, 0.5) is 11.4 Å². The van der Waals surface area contributed by atoms with Gasteiger partial charge >= 0.3 is 0 Å². The number of hydrogen-bond donors (Lipinski definition) is 0. The van der Waals surface area contributed by atoms with Crippen LogP contribution in [0.5, 0.6) is 0 Å². The van der Waals surface area contributed by atoms with Crippen molar-refractivity contribution in [1.29, 1.82) is 0 Å². The number of nitro benzene ring substituents is 2. The summed E-state index contributed by atoms with van der Waals surface area (Å²) < 4.78 is 0.671. The molecule has 0 aliphatic carbocycles. The van der Waals surface area contributed by atoms with Crippen LogP contribution in [0.15, 0.2) is 48.5 Å². The highest BCUT2D eigenvalue weighted by Gasteiger charge is 2.08. The standard InChI is InChI=1S/C6H4ClNO2.C6H4INO2/c2*7-5-3-1-2-4-6(5)8(9)10/h2*1-4H. The fourth-order valence-corrected chi connectivity index (χ4v) is 1.99. The smallest absolute Gasteiger partial charge is 0.258 e. The Labute approximate surface area is 132 Å². The van der Waals surface area contributed by atoms with Crippen LogP contribution < -0.4 is 0 Å². The fourth-order valence-electron chi connectivity index (χ4n) is 1.20. The highest BCUT2D eigenvalue weighted by Crippen LogP contribution is 2.22. The SMILES string of the molecule is O=[N+]([O-])c1ccccc1Cl.O=[N+]([O-])c1ccccc1I. The van der Waals surface area contributed by atoms with Crippen molar-refractivity contribution in [3.63, 3.8) is 0 Å². The van der Waals surface area contributed by atoms with Crippen LogP contribution in [-0.2, 0) is 0 Å². The van der Waals surface area contributed by atoms with E-state index >= 15 is 0 Å². The molecule has 0 unspecified atom stereocenters. The first-order valence-corrected chi connectivity index (χ1v) is 6.67. The quantitative estimate of drug-likeness (QED) is 0.419. The van der Waals surface area contributed by atoms with Gasteiger partial charge in [0.15, 0.2) is 0 Å². The predicted octanol–water partition coefficient (Wildman–Crippen LogP) is 4.45. The van der Waals surface area contributed by atoms with Crippen LogP contribution in [0.25, 0.3) is 0 Å². The van der Waals surface area contributed by atoms with Crippen molar-refractivity contribution in [2.24, 2.45) is 0 Å². The maximum atomic E-state index is 10.2. The second-order valence-electron chi connectivity index (χ2n) is 3.42. The average molecular weight is 407 g/mol. The van der Waals surface area contributed by atoms with Crippen molar-refractivity contribution >= 4 is 45.6 Å². The van der Waals surface area contributed by atoms with Crippen molar-refractivity contribution in [3.05, 3.63) is 77.4 Å². The molecule has 0 saturated heterocycles. The summed E-state index contributed by atoms with van der Waals surface area (Å²) in [6.07, 6.45) is 0. The molecule has 0 spiro atoms. The highest BCUT2D eigenvalue weighted by molar-refractivity contribution is 14.1. The van der Waals surface area contributed by atoms with Gasteiger partial charge in [0.2, 0.25) is 0 Å². The lowest BCUT2D eigenvalue weighted by Gasteiger charge is -1.91. The zero-order valence-electron chi connectivity index (χ0n) is 9.90. The summed E-state index contributed by atoms with van der Waals surface area (Å²) in [7, 11) is 0. The van der Waals surface area contributed by atoms with Crippen LogP contribution in [0.2, 0.25) is 5.02 Å². The molecule has 0 saturated carbocycles. The summed E-state index contributed by atoms with van der Waals surface area (Å²) in [6.45, 7) is 0. The first-order chi connectivity index (χ1) is 9.43. The van der Waals surface area contributed by atoms with Crippen LogP contribution in [0.1, 0.15) is 0 Å². The molecule has 2 rings (SSSR count). The topological polar surface area (TPSA) is 86.3 Å². The molecular weight excluding hydrogens is 398 g/mol. The summed E-state index contributed by atoms with van der Waals surface area (Å²) >= 11 is 7.41. The third-order valence-electron chi connectivity index (χ3n) is 2.10. The minimum absolute atomic E-state index is 0.0517. The second kappa shape index (κ2) is 7.75. The Morgan fingerprint density at radius 2 is 1.30 bits per heavy atom. The van der Waals surface area contributed by atoms with E-state index < -0.39 is 4.92 Å². The third-order valence-corrected chi connectivity index (χ3v) is 3.33. The Hall–Kier alpha value is -1.74. The zero-order valence-corrected chi connectivity index (χ0v) is 12.8. The van der Waals surface area contributed by atoms with Gasteiger partial charge in [0.25, 0.3) is 11.4 Å². The van der Waals surface area contributed by atoms with Crippen molar-refractivity contribution in [1.82, 2.24) is 0 Å². The molecule has 0 fully saturated rings. The minimum atomic E-state index is -0.512. The minimum Gasteiger partial charge on any atom is -0.258 e. The molecule has 0 amide bonds. The number of nitro groups is 2. The number of hydrogen-bond acceptors (Lipinski definition) is 4. The molecule has 0 bridgehead atoms. The molecule has 0 N–H and O–H groups in total. The molecular formula is C12H8ClIN2O4. The summed E-state index contributed by atoms with van der Waals surface area (Å²) in [6, 6.07) is 12.7. The van der Waals surface area contributed by atoms with Gasteiger partial charge in [0.05, 0.1) is 13.4 Å². The molecule has 20 heavy (non-hydrogen) atoms. The van der Waals surface area contributed by atoms with Gasteiger partial charge in [0.1, 0.15) is 5.02 Å². The van der Waals surface area contributed by atoms with Crippen molar-refractivity contribution < 1.29 is 9.85 Å². The molecule has 0 aliphatic rings. The molecule has 2 aromatic carbocycles. The van der Waals surface area contributed by atoms with E-state index in [0.29, 0.717) is 3.57 Å². The Kier molecular flexibility index (Phi) is 6.32. The van der Waals surface area contributed by atoms with E-state index in [1.54, 1.807) is 30.3 Å². The molecule has 104 valence electrons. The van der Waals surface area contributed by atoms with Gasteiger partial charge in [0, 0.05) is 12.1 Å². The summed E-state index contributed by atoms with van der Waals surface area (Å²) in [5.74, 6) is 0. The Bertz CT molecular complexity index is 581. The lowest BCUT2D eigenvalue weighted by molar-refractivity contribution is -0.385. The maximum Gasteiger partial charge on any atom is 0.287 e. The van der Waals surface area contributed by atoms with Gasteiger partial charge in [-0.2, -0.15) is 0 Å². The lowest BCUT2D eigenvalue weighted by atomic mass is 10.3. The molecule has 6 nitrogen and oxygen atoms in total. The van der Waals surface area contributed by atoms with Gasteiger partial charge < -0.3 is 0 Å². The highest BCUT2D eigenvalue weighted by atomic mass is 127. The van der Waals surface area contributed by atoms with E-state index in [2.05, 4.69) is 0 Å². The van der Waals surface area contributed by atoms with Crippen LogP contribution in [0, 0.1) is 23.8 Å². The second-order valence-corrected chi connectivity index (χ2v) is 4.99. The number of para-hydroxylation sites is 2. The fraction of sp³-hybridized carbons (Fsp3) is 0. The summed E-state index contributed by atoms with van der Waals surface area (Å²) in [4.78, 5) is 19.5. The average Bonchev–Trinajstić information content (AvgIpc) is 2.40. The van der Waals surface area contributed by atoms with Crippen LogP contribution >= 0.6 is 34.2 Å². The Morgan fingerprint density at radius 3 is 1.65 bits per heavy atom. The molecule has 0 atom stereocenters. The van der Waals surface area contributed by atoms with Gasteiger partial charge in [-0.25, -0.2) is 0 Å². The molecule has 0 radical (unpaired) electrons. The number of nitrogens with zero attached hydrogens (tertiary/aromatic N) is 2. The monoisotopic (exact) mass is 406 g/mol. The number of rotatable bonds is 2. The van der Waals surface area contributed by atoms with E-state index in [9.17, 15) is 20.2 Å². The zero-order chi connectivity index (χ0) is 15.1. The van der Waals surface area contributed by atoms with E-state index in [0.717, 1.165) is 0 Å². The number of benzene rings is 2. The van der Waals surface area contributed by atoms with Crippen LogP contribution in [0.3, 0.4) is 0 Å². The predicted molar refractivity (Wildman–Crippen MR) is 83.9 cm³/mol. The van der Waals surface area contributed by atoms with E-state index in [-0.39, 0.29) is 21.3 Å². The number of halogens is 2. The van der Waals surface area contributed by atoms with E-state index in [1.807, 2.05) is 22.6 Å². The summed E-state index contributed by atoms with van der Waals surface area (Å²) in [5.41, 5.74) is 0.118. The van der Waals surface area contributed by atoms with E-state index in [1.165, 1.54) is 18.2 Å². The van der Waals surface area contributed by atoms with E-state index in [4.69, 9.17) is 11.6 Å². The molecule has 0 aliphatic heterocycles. The Morgan fingerprint density at radius 1 is 0.850 bits per heavy atom. The van der Waals surface area contributed by atoms with Gasteiger partial charge in [-0.1, -0.05) is 35.9 Å². The first kappa shape index (κ1) is 16.3.